The van der Waals surface area contributed by atoms with Crippen LogP contribution in [0.4, 0.5) is 0 Å². The van der Waals surface area contributed by atoms with Crippen molar-refractivity contribution in [3.63, 3.8) is 0 Å². The van der Waals surface area contributed by atoms with Crippen LogP contribution in [-0.4, -0.2) is 23.3 Å². The van der Waals surface area contributed by atoms with Crippen molar-refractivity contribution in [2.75, 3.05) is 0 Å². The third-order valence-corrected chi connectivity index (χ3v) is 6.41. The molecule has 2 aliphatic rings. The Labute approximate surface area is 140 Å². The summed E-state index contributed by atoms with van der Waals surface area (Å²) in [5.74, 6) is 0.642. The summed E-state index contributed by atoms with van der Waals surface area (Å²) < 4.78 is 0. The van der Waals surface area contributed by atoms with Crippen LogP contribution in [0, 0.1) is 28.6 Å². The van der Waals surface area contributed by atoms with Crippen LogP contribution in [0.3, 0.4) is 0 Å². The molecule has 0 heterocycles. The SMILES string of the molecule is CC1=C[C@@](C)(CC[C@@]2(C)CC(O)C(C=O)[C@@H]2C(C)C)CCC1=O. The van der Waals surface area contributed by atoms with E-state index in [1.54, 1.807) is 0 Å². The topological polar surface area (TPSA) is 54.4 Å². The van der Waals surface area contributed by atoms with Gasteiger partial charge < -0.3 is 9.90 Å². The van der Waals surface area contributed by atoms with Crippen LogP contribution in [0.1, 0.15) is 66.7 Å². The van der Waals surface area contributed by atoms with Crippen molar-refractivity contribution in [3.05, 3.63) is 11.6 Å². The van der Waals surface area contributed by atoms with Crippen LogP contribution in [0.2, 0.25) is 0 Å². The fraction of sp³-hybridized carbons (Fsp3) is 0.800. The summed E-state index contributed by atoms with van der Waals surface area (Å²) in [6.45, 7) is 10.7. The van der Waals surface area contributed by atoms with E-state index < -0.39 is 6.10 Å². The van der Waals surface area contributed by atoms with Crippen molar-refractivity contribution in [2.45, 2.75) is 72.8 Å². The van der Waals surface area contributed by atoms with Gasteiger partial charge in [-0.1, -0.05) is 33.8 Å². The highest BCUT2D eigenvalue weighted by molar-refractivity contribution is 5.95. The van der Waals surface area contributed by atoms with E-state index in [9.17, 15) is 14.7 Å². The molecule has 1 N–H and O–H groups in total. The number of aldehydes is 1. The second-order valence-corrected chi connectivity index (χ2v) is 8.81. The highest BCUT2D eigenvalue weighted by Gasteiger charge is 2.51. The molecular weight excluding hydrogens is 288 g/mol. The monoisotopic (exact) mass is 320 g/mol. The van der Waals surface area contributed by atoms with Crippen molar-refractivity contribution >= 4 is 12.1 Å². The molecule has 0 radical (unpaired) electrons. The minimum Gasteiger partial charge on any atom is -0.392 e. The van der Waals surface area contributed by atoms with Crippen molar-refractivity contribution in [2.24, 2.45) is 28.6 Å². The van der Waals surface area contributed by atoms with Gasteiger partial charge in [0, 0.05) is 12.3 Å². The zero-order valence-electron chi connectivity index (χ0n) is 15.3. The predicted molar refractivity (Wildman–Crippen MR) is 92.0 cm³/mol. The van der Waals surface area contributed by atoms with Crippen LogP contribution in [-0.2, 0) is 9.59 Å². The van der Waals surface area contributed by atoms with Gasteiger partial charge in [0.25, 0.3) is 0 Å². The molecule has 130 valence electrons. The lowest BCUT2D eigenvalue weighted by Crippen LogP contribution is -2.33. The Kier molecular flexibility index (Phi) is 5.20. The number of ketones is 1. The fourth-order valence-electron chi connectivity index (χ4n) is 5.19. The number of aliphatic hydroxyl groups is 1. The first-order chi connectivity index (χ1) is 10.6. The first-order valence-electron chi connectivity index (χ1n) is 8.98. The van der Waals surface area contributed by atoms with Crippen molar-refractivity contribution in [1.82, 2.24) is 0 Å². The normalized spacial score (nSPS) is 41.3. The van der Waals surface area contributed by atoms with Crippen molar-refractivity contribution in [3.8, 4) is 0 Å². The fourth-order valence-corrected chi connectivity index (χ4v) is 5.19. The van der Waals surface area contributed by atoms with Crippen LogP contribution in [0.15, 0.2) is 11.6 Å². The molecule has 0 aromatic carbocycles. The molecule has 3 nitrogen and oxygen atoms in total. The molecule has 2 rings (SSSR count). The van der Waals surface area contributed by atoms with E-state index in [4.69, 9.17) is 0 Å². The number of Topliss-reactive ketones (excluding diaryl/α,β-unsaturated/α-hetero) is 1. The Morgan fingerprint density at radius 3 is 2.52 bits per heavy atom. The molecule has 0 bridgehead atoms. The summed E-state index contributed by atoms with van der Waals surface area (Å²) in [6.07, 6.45) is 6.86. The van der Waals surface area contributed by atoms with E-state index in [0.717, 1.165) is 31.1 Å². The Morgan fingerprint density at radius 2 is 2.00 bits per heavy atom. The lowest BCUT2D eigenvalue weighted by molar-refractivity contribution is -0.117. The number of carbonyl (C=O) groups excluding carboxylic acids is 2. The van der Waals surface area contributed by atoms with Gasteiger partial charge in [0.2, 0.25) is 0 Å². The lowest BCUT2D eigenvalue weighted by Gasteiger charge is -2.39. The van der Waals surface area contributed by atoms with Gasteiger partial charge in [0.15, 0.2) is 5.78 Å². The van der Waals surface area contributed by atoms with Crippen LogP contribution in [0.5, 0.6) is 0 Å². The predicted octanol–water partition coefficient (Wildman–Crippen LogP) is 3.94. The third-order valence-electron chi connectivity index (χ3n) is 6.41. The van der Waals surface area contributed by atoms with Crippen LogP contribution >= 0.6 is 0 Å². The number of rotatable bonds is 5. The lowest BCUT2D eigenvalue weighted by atomic mass is 9.65. The van der Waals surface area contributed by atoms with E-state index in [-0.39, 0.29) is 28.4 Å². The quantitative estimate of drug-likeness (QED) is 0.781. The first-order valence-corrected chi connectivity index (χ1v) is 8.98. The molecule has 0 spiro atoms. The largest absolute Gasteiger partial charge is 0.392 e. The van der Waals surface area contributed by atoms with Gasteiger partial charge in [-0.15, -0.1) is 0 Å². The standard InChI is InChI=1S/C20H32O3/c1-13(2)18-15(12-21)17(23)11-20(18,5)9-8-19(4)7-6-16(22)14(3)10-19/h10,12-13,15,17-18,23H,6-9,11H2,1-5H3/t15?,17?,18-,19+,20-/m0/s1. The maximum Gasteiger partial charge on any atom is 0.158 e. The molecule has 5 atom stereocenters. The number of aliphatic hydroxyl groups excluding tert-OH is 1. The van der Waals surface area contributed by atoms with Gasteiger partial charge in [-0.05, 0) is 60.8 Å². The summed E-state index contributed by atoms with van der Waals surface area (Å²) >= 11 is 0. The van der Waals surface area contributed by atoms with Crippen LogP contribution in [0.25, 0.3) is 0 Å². The van der Waals surface area contributed by atoms with E-state index in [0.29, 0.717) is 18.8 Å². The zero-order chi connectivity index (χ0) is 17.4. The van der Waals surface area contributed by atoms with Crippen molar-refractivity contribution < 1.29 is 14.7 Å². The average molecular weight is 320 g/mol. The van der Waals surface area contributed by atoms with E-state index in [2.05, 4.69) is 33.8 Å². The molecule has 1 fully saturated rings. The second-order valence-electron chi connectivity index (χ2n) is 8.81. The van der Waals surface area contributed by atoms with Crippen LogP contribution < -0.4 is 0 Å². The summed E-state index contributed by atoms with van der Waals surface area (Å²) in [4.78, 5) is 23.2. The maximum atomic E-state index is 11.7. The summed E-state index contributed by atoms with van der Waals surface area (Å²) in [7, 11) is 0. The minimum atomic E-state index is -0.511. The zero-order valence-corrected chi connectivity index (χ0v) is 15.3. The van der Waals surface area contributed by atoms with Gasteiger partial charge in [0.05, 0.1) is 6.10 Å². The smallest absolute Gasteiger partial charge is 0.158 e. The minimum absolute atomic E-state index is 0.00856. The number of allylic oxidation sites excluding steroid dienone is 2. The van der Waals surface area contributed by atoms with Gasteiger partial charge in [-0.25, -0.2) is 0 Å². The molecule has 0 aromatic heterocycles. The number of carbonyl (C=O) groups is 2. The van der Waals surface area contributed by atoms with Crippen molar-refractivity contribution in [1.29, 1.82) is 0 Å². The Bertz CT molecular complexity index is 507. The molecule has 0 aliphatic heterocycles. The maximum absolute atomic E-state index is 11.7. The molecule has 3 heteroatoms. The highest BCUT2D eigenvalue weighted by Crippen LogP contribution is 2.54. The van der Waals surface area contributed by atoms with E-state index in [1.807, 2.05) is 6.92 Å². The summed E-state index contributed by atoms with van der Waals surface area (Å²) in [5.41, 5.74) is 0.944. The van der Waals surface area contributed by atoms with Gasteiger partial charge in [0.1, 0.15) is 6.29 Å². The van der Waals surface area contributed by atoms with Gasteiger partial charge >= 0.3 is 0 Å². The summed E-state index contributed by atoms with van der Waals surface area (Å²) in [5, 5.41) is 10.3. The van der Waals surface area contributed by atoms with E-state index >= 15 is 0 Å². The molecule has 0 saturated heterocycles. The molecule has 2 unspecified atom stereocenters. The van der Waals surface area contributed by atoms with Gasteiger partial charge in [-0.3, -0.25) is 4.79 Å². The second kappa shape index (κ2) is 6.51. The molecule has 2 aliphatic carbocycles. The average Bonchev–Trinajstić information content (AvgIpc) is 2.72. The highest BCUT2D eigenvalue weighted by atomic mass is 16.3. The van der Waals surface area contributed by atoms with Gasteiger partial charge in [-0.2, -0.15) is 0 Å². The Balaban J connectivity index is 2.15. The molecular formula is C20H32O3. The Morgan fingerprint density at radius 1 is 1.35 bits per heavy atom. The summed E-state index contributed by atoms with van der Waals surface area (Å²) in [6, 6.07) is 0. The molecule has 23 heavy (non-hydrogen) atoms. The molecule has 0 aromatic rings. The van der Waals surface area contributed by atoms with E-state index in [1.165, 1.54) is 0 Å². The Hall–Kier alpha value is -0.960. The molecule has 1 saturated carbocycles. The molecule has 0 amide bonds. The third kappa shape index (κ3) is 3.60. The number of hydrogen-bond donors (Lipinski definition) is 1. The first kappa shape index (κ1) is 18.4. The number of hydrogen-bond acceptors (Lipinski definition) is 3.